The van der Waals surface area contributed by atoms with Gasteiger partial charge >= 0.3 is 24.4 Å². The van der Waals surface area contributed by atoms with Gasteiger partial charge in [-0.15, -0.1) is 6.42 Å². The predicted octanol–water partition coefficient (Wildman–Crippen LogP) is 19.9. The average Bonchev–Trinajstić information content (AvgIpc) is 1.59. The molecule has 0 atom stereocenters. The number of allylic oxidation sites excluding steroid dienone is 2. The lowest BCUT2D eigenvalue weighted by Gasteiger charge is -2.38. The number of aromatic nitrogens is 4. The molecule has 4 aromatic heterocycles. The molecule has 0 radical (unpaired) electrons. The molecule has 3 aliphatic heterocycles. The van der Waals surface area contributed by atoms with Crippen LogP contribution in [0.5, 0.6) is 0 Å². The van der Waals surface area contributed by atoms with Crippen molar-refractivity contribution in [2.24, 2.45) is 0 Å². The molecule has 7 aromatic rings. The highest BCUT2D eigenvalue weighted by Crippen LogP contribution is 2.41. The van der Waals surface area contributed by atoms with Crippen LogP contribution in [0.4, 0.5) is 53.3 Å². The molecule has 0 unspecified atom stereocenters. The number of fused-ring (bicyclic) bond motifs is 3. The molecular weight excluding hydrogens is 1720 g/mol. The minimum absolute atomic E-state index is 0.0298. The number of nitriles is 3. The lowest BCUT2D eigenvalue weighted by Crippen LogP contribution is -2.48. The Hall–Kier alpha value is -11.9. The number of terminal acetylenes is 1. The Morgan fingerprint density at radius 2 is 0.961 bits per heavy atom. The molecule has 12 rings (SSSR count). The summed E-state index contributed by atoms with van der Waals surface area (Å²) < 4.78 is 26.0. The minimum Gasteiger partial charge on any atom is -0.443 e. The van der Waals surface area contributed by atoms with Crippen molar-refractivity contribution in [3.63, 3.8) is 0 Å². The number of nitrogens with zero attached hydrogens (tertiary/aromatic N) is 15. The van der Waals surface area contributed by atoms with E-state index in [2.05, 4.69) is 185 Å². The smallest absolute Gasteiger partial charge is 0.415 e. The van der Waals surface area contributed by atoms with Crippen LogP contribution in [0.25, 0.3) is 27.9 Å². The van der Waals surface area contributed by atoms with E-state index in [1.807, 2.05) is 127 Å². The molecular formula is C102H126IN17O8. The van der Waals surface area contributed by atoms with Crippen molar-refractivity contribution in [2.45, 2.75) is 239 Å². The number of piperidine rings is 3. The van der Waals surface area contributed by atoms with Gasteiger partial charge < -0.3 is 44.3 Å². The highest BCUT2D eigenvalue weighted by Gasteiger charge is 2.38. The van der Waals surface area contributed by atoms with E-state index in [4.69, 9.17) is 37.2 Å². The average molecular weight is 1850 g/mol. The van der Waals surface area contributed by atoms with E-state index in [9.17, 15) is 29.7 Å². The normalized spacial score (nSPS) is 15.1. The maximum Gasteiger partial charge on any atom is 0.415 e. The Balaban J connectivity index is 0.000000201. The summed E-state index contributed by atoms with van der Waals surface area (Å²) in [5.41, 5.74) is 9.61. The van der Waals surface area contributed by atoms with E-state index < -0.39 is 50.8 Å². The third-order valence-corrected chi connectivity index (χ3v) is 22.6. The van der Waals surface area contributed by atoms with Gasteiger partial charge in [0, 0.05) is 58.7 Å². The zero-order valence-corrected chi connectivity index (χ0v) is 80.7. The number of amides is 4. The molecule has 3 fully saturated rings. The largest absolute Gasteiger partial charge is 0.443 e. The Labute approximate surface area is 772 Å². The number of carbonyl (C=O) groups excluding carboxylic acids is 4. The van der Waals surface area contributed by atoms with Gasteiger partial charge in [0.15, 0.2) is 0 Å². The van der Waals surface area contributed by atoms with E-state index in [-0.39, 0.29) is 44.0 Å². The van der Waals surface area contributed by atoms with Crippen molar-refractivity contribution < 1.29 is 38.1 Å². The van der Waals surface area contributed by atoms with Gasteiger partial charge in [0.2, 0.25) is 0 Å². The van der Waals surface area contributed by atoms with Gasteiger partial charge in [0.1, 0.15) is 22.4 Å². The fraction of sp³-hybridized carbons (Fsp3) is 0.480. The van der Waals surface area contributed by atoms with Crippen molar-refractivity contribution in [1.82, 2.24) is 34.2 Å². The molecule has 0 saturated carbocycles. The summed E-state index contributed by atoms with van der Waals surface area (Å²) in [5, 5.41) is 36.0. The van der Waals surface area contributed by atoms with Crippen LogP contribution in [0.1, 0.15) is 208 Å². The molecule has 0 spiro atoms. The van der Waals surface area contributed by atoms with Crippen molar-refractivity contribution in [1.29, 1.82) is 15.8 Å². The zero-order chi connectivity index (χ0) is 93.9. The van der Waals surface area contributed by atoms with Crippen LogP contribution in [0.15, 0.2) is 125 Å². The van der Waals surface area contributed by atoms with E-state index >= 15 is 0 Å². The summed E-state index contributed by atoms with van der Waals surface area (Å²) in [6, 6.07) is 38.7. The molecule has 3 aromatic carbocycles. The second kappa shape index (κ2) is 43.2. The van der Waals surface area contributed by atoms with E-state index in [0.29, 0.717) is 41.8 Å². The lowest BCUT2D eigenvalue weighted by atomic mass is 9.91. The first-order valence-corrected chi connectivity index (χ1v) is 44.7. The van der Waals surface area contributed by atoms with Gasteiger partial charge in [0.25, 0.3) is 6.67 Å². The highest BCUT2D eigenvalue weighted by molar-refractivity contribution is 14.1. The van der Waals surface area contributed by atoms with E-state index in [1.165, 1.54) is 30.7 Å². The van der Waals surface area contributed by atoms with Crippen LogP contribution in [-0.4, -0.2) is 179 Å². The third kappa shape index (κ3) is 28.0. The topological polar surface area (TPSA) is 271 Å². The van der Waals surface area contributed by atoms with Gasteiger partial charge in [-0.3, -0.25) is 44.0 Å². The Morgan fingerprint density at radius 3 is 1.39 bits per heavy atom. The quantitative estimate of drug-likeness (QED) is 0.0394. The molecule has 7 heterocycles. The van der Waals surface area contributed by atoms with Crippen LogP contribution < -0.4 is 30.2 Å². The number of carbonyl (C=O) groups is 4. The number of ether oxygens (including phenoxy) is 4. The van der Waals surface area contributed by atoms with E-state index in [0.717, 1.165) is 146 Å². The van der Waals surface area contributed by atoms with Gasteiger partial charge in [-0.25, -0.2) is 25.8 Å². The van der Waals surface area contributed by atoms with Gasteiger partial charge in [-0.2, -0.15) is 15.8 Å². The summed E-state index contributed by atoms with van der Waals surface area (Å²) in [5.74, 6) is 15.3. The minimum atomic E-state index is -0.760. The molecule has 128 heavy (non-hydrogen) atoms. The van der Waals surface area contributed by atoms with Gasteiger partial charge in [-0.1, -0.05) is 54.0 Å². The first-order chi connectivity index (χ1) is 60.2. The Bertz CT molecular complexity index is 5510. The summed E-state index contributed by atoms with van der Waals surface area (Å²) in [7, 11) is 6.41. The summed E-state index contributed by atoms with van der Waals surface area (Å²) in [4.78, 5) is 82.5. The molecule has 0 bridgehead atoms. The zero-order valence-electron chi connectivity index (χ0n) is 78.5. The van der Waals surface area contributed by atoms with Gasteiger partial charge in [0.05, 0.1) is 129 Å². The number of hydrogen-bond acceptors (Lipinski definition) is 19. The maximum atomic E-state index is 13.6. The third-order valence-electron chi connectivity index (χ3n) is 22.0. The van der Waals surface area contributed by atoms with Crippen molar-refractivity contribution >= 4 is 104 Å². The molecule has 674 valence electrons. The number of hydrogen-bond donors (Lipinski definition) is 2. The molecule has 25 nitrogen and oxygen atoms in total. The SMILES string of the molecule is C#CCN(C(=O)OC(C)(C)C)c1ccc(C(C)(C)C#N)nc1.CN1CCC(N(C(=O)OC(C)(C)C)c2cccc3c2C=C(C#CCN(C(=O)OC(C)(C)C)c2ccc(C(C)(C)C#N)nc2)C3)CC1.CN1CCC(N(C(=O)OC(C)(C)C)c2cccc3c2C=C(I)C3)CC1.[C-]#[N+]Cn1c(C#CCNc2ccc(C(C)(C)C#N)nc2)cc2c(NC3CCN(C)CC3)cccc21. The summed E-state index contributed by atoms with van der Waals surface area (Å²) in [6.07, 6.45) is 20.3. The second-order valence-corrected chi connectivity index (χ2v) is 39.9. The van der Waals surface area contributed by atoms with Crippen LogP contribution in [-0.2, 0) is 54.7 Å². The molecule has 5 aliphatic rings. The standard InChI is InChI=1S/C37H47N5O4.C28H31N7.C20H27IN2O2.C17H21N3O2/c1-35(2,3)45-33(43)41(29-15-16-32(39-24-29)37(7,8)25-38)19-11-12-26-22-27-13-10-14-31(30(27)23-26)42(34(44)46-36(4,5)6)28-17-20-40(9)21-18-28;1-28(2,19-29)27-11-10-22(18-32-27)31-14-6-7-23-17-24-25(33-21-12-15-34(4)16-13-21)8-5-9-26(24)35(23)20-30-3;1-20(2,3)25-19(24)23(16-8-10-22(4)11-9-16)18-7-5-6-14-12-15(21)13-17(14)18;1-7-10-20(15(21)22-16(2,3)4)13-8-9-14(19-11-13)17(5,6)12-18/h10,13-16,23-24,28H,17-22H2,1-9H3;5,8-11,17-18,21,31,33H,12-16,20H2,1-2,4H3;5-7,13,16H,8-12H2,1-4H3;1,8-9,11H,10H2,2-6H3. The first kappa shape index (κ1) is 99.8. The van der Waals surface area contributed by atoms with Crippen LogP contribution in [0.2, 0.25) is 0 Å². The van der Waals surface area contributed by atoms with Crippen molar-refractivity contribution in [3.8, 4) is 54.2 Å². The predicted molar refractivity (Wildman–Crippen MR) is 519 cm³/mol. The molecule has 2 aliphatic carbocycles. The lowest BCUT2D eigenvalue weighted by molar-refractivity contribution is 0.0540. The van der Waals surface area contributed by atoms with Gasteiger partial charge in [-0.05, 0) is 346 Å². The number of nitrogens with one attached hydrogen (secondary N) is 2. The number of benzene rings is 3. The van der Waals surface area contributed by atoms with Crippen LogP contribution >= 0.6 is 22.6 Å². The number of halogens is 1. The van der Waals surface area contributed by atoms with Crippen molar-refractivity contribution in [2.75, 3.05) is 110 Å². The maximum absolute atomic E-state index is 13.6. The van der Waals surface area contributed by atoms with Crippen LogP contribution in [0, 0.1) is 76.6 Å². The summed E-state index contributed by atoms with van der Waals surface area (Å²) in [6.45, 7) is 47.4. The monoisotopic (exact) mass is 1840 g/mol. The second-order valence-electron chi connectivity index (χ2n) is 38.5. The fourth-order valence-electron chi connectivity index (χ4n) is 14.9. The Kier molecular flexibility index (Phi) is 33.7. The number of rotatable bonds is 16. The van der Waals surface area contributed by atoms with Crippen molar-refractivity contribution in [3.05, 3.63) is 181 Å². The number of likely N-dealkylation sites (tertiary alicyclic amines) is 3. The first-order valence-electron chi connectivity index (χ1n) is 43.7. The Morgan fingerprint density at radius 1 is 0.531 bits per heavy atom. The number of pyridine rings is 3. The molecule has 26 heteroatoms. The summed E-state index contributed by atoms with van der Waals surface area (Å²) >= 11 is 2.38. The fourth-order valence-corrected chi connectivity index (χ4v) is 15.6. The molecule has 3 saturated heterocycles. The van der Waals surface area contributed by atoms with E-state index in [1.54, 1.807) is 85.1 Å². The molecule has 2 N–H and O–H groups in total. The highest BCUT2D eigenvalue weighted by atomic mass is 127. The van der Waals surface area contributed by atoms with Crippen LogP contribution in [0.3, 0.4) is 0 Å². The molecule has 4 amide bonds. The number of anilines is 6.